The molecule has 0 saturated carbocycles. The van der Waals surface area contributed by atoms with E-state index in [-0.39, 0.29) is 12.5 Å². The molecule has 1 aliphatic heterocycles. The van der Waals surface area contributed by atoms with Gasteiger partial charge in [0.25, 0.3) is 5.91 Å². The second-order valence-corrected chi connectivity index (χ2v) is 7.07. The van der Waals surface area contributed by atoms with Crippen LogP contribution in [0.15, 0.2) is 36.4 Å². The molecule has 0 spiro atoms. The van der Waals surface area contributed by atoms with Gasteiger partial charge in [-0.2, -0.15) is 0 Å². The van der Waals surface area contributed by atoms with Crippen molar-refractivity contribution in [3.63, 3.8) is 0 Å². The Hall–Kier alpha value is -1.85. The van der Waals surface area contributed by atoms with E-state index in [2.05, 4.69) is 29.8 Å². The first-order valence-electron chi connectivity index (χ1n) is 8.96. The summed E-state index contributed by atoms with van der Waals surface area (Å²) in [5, 5.41) is 3.64. The van der Waals surface area contributed by atoms with Gasteiger partial charge in [-0.15, -0.1) is 0 Å². The average molecular weight is 345 g/mol. The van der Waals surface area contributed by atoms with E-state index >= 15 is 0 Å². The Morgan fingerprint density at radius 2 is 2.00 bits per heavy atom. The van der Waals surface area contributed by atoms with E-state index in [1.165, 1.54) is 5.57 Å². The highest BCUT2D eigenvalue weighted by Crippen LogP contribution is 2.19. The highest BCUT2D eigenvalue weighted by Gasteiger charge is 2.19. The normalized spacial score (nSPS) is 15.8. The number of piperidine rings is 1. The fourth-order valence-corrected chi connectivity index (χ4v) is 2.99. The molecule has 1 fully saturated rings. The predicted molar refractivity (Wildman–Crippen MR) is 102 cm³/mol. The molecule has 1 aromatic rings. The molecule has 1 aliphatic rings. The van der Waals surface area contributed by atoms with Crippen LogP contribution in [0.3, 0.4) is 0 Å². The van der Waals surface area contributed by atoms with Crippen LogP contribution in [0.1, 0.15) is 25.3 Å². The predicted octanol–water partition coefficient (Wildman–Crippen LogP) is 2.28. The number of nitrogens with one attached hydrogen (secondary N) is 1. The number of para-hydroxylation sites is 1. The van der Waals surface area contributed by atoms with Crippen molar-refractivity contribution < 1.29 is 9.53 Å². The average Bonchev–Trinajstić information content (AvgIpc) is 2.59. The van der Waals surface area contributed by atoms with E-state index in [0.717, 1.165) is 50.3 Å². The maximum absolute atomic E-state index is 11.7. The Morgan fingerprint density at radius 1 is 1.32 bits per heavy atom. The Balaban J connectivity index is 1.81. The van der Waals surface area contributed by atoms with Crippen LogP contribution in [0.25, 0.3) is 0 Å². The minimum Gasteiger partial charge on any atom is -0.483 e. The summed E-state index contributed by atoms with van der Waals surface area (Å²) >= 11 is 0. The second-order valence-electron chi connectivity index (χ2n) is 7.07. The lowest BCUT2D eigenvalue weighted by Gasteiger charge is -2.32. The summed E-state index contributed by atoms with van der Waals surface area (Å²) in [5.74, 6) is 0.748. The topological polar surface area (TPSA) is 44.8 Å². The monoisotopic (exact) mass is 345 g/mol. The van der Waals surface area contributed by atoms with E-state index in [4.69, 9.17) is 4.74 Å². The molecule has 1 saturated heterocycles. The lowest BCUT2D eigenvalue weighted by atomic mass is 10.0. The van der Waals surface area contributed by atoms with Crippen molar-refractivity contribution in [2.75, 3.05) is 40.3 Å². The zero-order valence-electron chi connectivity index (χ0n) is 15.8. The first kappa shape index (κ1) is 19.5. The van der Waals surface area contributed by atoms with Crippen LogP contribution in [0.4, 0.5) is 0 Å². The van der Waals surface area contributed by atoms with Crippen LogP contribution in [0.5, 0.6) is 5.75 Å². The molecule has 1 N–H and O–H groups in total. The SMILES string of the molecule is C=C(C)CN1CCC(NCc2ccccc2OCC(=O)N(C)C)CC1. The molecular formula is C20H31N3O2. The van der Waals surface area contributed by atoms with Crippen LogP contribution in [0.2, 0.25) is 0 Å². The van der Waals surface area contributed by atoms with Crippen molar-refractivity contribution in [2.24, 2.45) is 0 Å². The number of benzene rings is 1. The summed E-state index contributed by atoms with van der Waals surface area (Å²) in [5.41, 5.74) is 2.32. The molecule has 0 bridgehead atoms. The molecule has 0 atom stereocenters. The van der Waals surface area contributed by atoms with E-state index < -0.39 is 0 Å². The molecule has 0 aromatic heterocycles. The van der Waals surface area contributed by atoms with Gasteiger partial charge < -0.3 is 15.0 Å². The third kappa shape index (κ3) is 6.52. The molecule has 1 amide bonds. The summed E-state index contributed by atoms with van der Waals surface area (Å²) in [6.45, 7) is 10.1. The van der Waals surface area contributed by atoms with E-state index in [1.807, 2.05) is 18.2 Å². The van der Waals surface area contributed by atoms with Gasteiger partial charge in [-0.25, -0.2) is 0 Å². The molecule has 1 aromatic carbocycles. The van der Waals surface area contributed by atoms with Gasteiger partial charge in [-0.05, 0) is 38.9 Å². The molecule has 0 radical (unpaired) electrons. The van der Waals surface area contributed by atoms with Crippen molar-refractivity contribution in [3.8, 4) is 5.75 Å². The van der Waals surface area contributed by atoms with Gasteiger partial charge in [0.15, 0.2) is 6.61 Å². The van der Waals surface area contributed by atoms with Gasteiger partial charge in [0.2, 0.25) is 0 Å². The van der Waals surface area contributed by atoms with Crippen LogP contribution in [0, 0.1) is 0 Å². The maximum Gasteiger partial charge on any atom is 0.259 e. The lowest BCUT2D eigenvalue weighted by molar-refractivity contribution is -0.130. The van der Waals surface area contributed by atoms with E-state index in [1.54, 1.807) is 19.0 Å². The third-order valence-electron chi connectivity index (χ3n) is 4.48. The molecule has 0 aliphatic carbocycles. The number of carbonyl (C=O) groups excluding carboxylic acids is 1. The largest absolute Gasteiger partial charge is 0.483 e. The summed E-state index contributed by atoms with van der Waals surface area (Å²) in [6.07, 6.45) is 2.30. The molecule has 1 heterocycles. The highest BCUT2D eigenvalue weighted by molar-refractivity contribution is 5.77. The molecule has 138 valence electrons. The summed E-state index contributed by atoms with van der Waals surface area (Å²) < 4.78 is 5.71. The lowest BCUT2D eigenvalue weighted by Crippen LogP contribution is -2.42. The second kappa shape index (κ2) is 9.59. The first-order chi connectivity index (χ1) is 12.0. The van der Waals surface area contributed by atoms with Crippen LogP contribution in [-0.4, -0.2) is 62.1 Å². The van der Waals surface area contributed by atoms with E-state index in [9.17, 15) is 4.79 Å². The van der Waals surface area contributed by atoms with Crippen molar-refractivity contribution in [3.05, 3.63) is 42.0 Å². The molecule has 25 heavy (non-hydrogen) atoms. The van der Waals surface area contributed by atoms with Crippen LogP contribution in [-0.2, 0) is 11.3 Å². The Bertz CT molecular complexity index is 578. The number of rotatable bonds is 8. The van der Waals surface area contributed by atoms with Crippen molar-refractivity contribution in [2.45, 2.75) is 32.4 Å². The summed E-state index contributed by atoms with van der Waals surface area (Å²) in [6, 6.07) is 8.45. The highest BCUT2D eigenvalue weighted by atomic mass is 16.5. The first-order valence-corrected chi connectivity index (χ1v) is 8.96. The molecule has 0 unspecified atom stereocenters. The number of nitrogens with zero attached hydrogens (tertiary/aromatic N) is 2. The fourth-order valence-electron chi connectivity index (χ4n) is 2.99. The van der Waals surface area contributed by atoms with Gasteiger partial charge in [0, 0.05) is 38.8 Å². The van der Waals surface area contributed by atoms with Crippen LogP contribution < -0.4 is 10.1 Å². The number of amides is 1. The quantitative estimate of drug-likeness (QED) is 0.734. The minimum absolute atomic E-state index is 0.0346. The number of carbonyl (C=O) groups is 1. The van der Waals surface area contributed by atoms with Crippen LogP contribution >= 0.6 is 0 Å². The van der Waals surface area contributed by atoms with Gasteiger partial charge in [0.1, 0.15) is 5.75 Å². The molecule has 5 nitrogen and oxygen atoms in total. The van der Waals surface area contributed by atoms with Gasteiger partial charge >= 0.3 is 0 Å². The van der Waals surface area contributed by atoms with Gasteiger partial charge in [-0.1, -0.05) is 30.4 Å². The summed E-state index contributed by atoms with van der Waals surface area (Å²) in [4.78, 5) is 15.7. The Morgan fingerprint density at radius 3 is 2.64 bits per heavy atom. The zero-order valence-corrected chi connectivity index (χ0v) is 15.8. The molecule has 5 heteroatoms. The molecular weight excluding hydrogens is 314 g/mol. The van der Waals surface area contributed by atoms with Gasteiger partial charge in [0.05, 0.1) is 0 Å². The smallest absolute Gasteiger partial charge is 0.259 e. The standard InChI is InChI=1S/C20H31N3O2/c1-16(2)14-23-11-9-18(10-12-23)21-13-17-7-5-6-8-19(17)25-15-20(24)22(3)4/h5-8,18,21H,1,9-15H2,2-4H3. The minimum atomic E-state index is -0.0346. The summed E-state index contributed by atoms with van der Waals surface area (Å²) in [7, 11) is 3.47. The van der Waals surface area contributed by atoms with Gasteiger partial charge in [-0.3, -0.25) is 9.69 Å². The Labute approximate surface area is 151 Å². The van der Waals surface area contributed by atoms with Crippen molar-refractivity contribution in [1.82, 2.24) is 15.1 Å². The van der Waals surface area contributed by atoms with Crippen molar-refractivity contribution in [1.29, 1.82) is 0 Å². The number of likely N-dealkylation sites (tertiary alicyclic amines) is 1. The fraction of sp³-hybridized carbons (Fsp3) is 0.550. The van der Waals surface area contributed by atoms with Crippen molar-refractivity contribution >= 4 is 5.91 Å². The number of ether oxygens (including phenoxy) is 1. The van der Waals surface area contributed by atoms with E-state index in [0.29, 0.717) is 6.04 Å². The third-order valence-corrected chi connectivity index (χ3v) is 4.48. The Kier molecular flexibility index (Phi) is 7.47. The maximum atomic E-state index is 11.7. The number of hydrogen-bond donors (Lipinski definition) is 1. The number of likely N-dealkylation sites (N-methyl/N-ethyl adjacent to an activating group) is 1. The zero-order chi connectivity index (χ0) is 18.2. The number of hydrogen-bond acceptors (Lipinski definition) is 4. The molecule has 2 rings (SSSR count).